The first-order valence-electron chi connectivity index (χ1n) is 5.63. The zero-order valence-electron chi connectivity index (χ0n) is 9.69. The van der Waals surface area contributed by atoms with E-state index in [2.05, 4.69) is 23.7 Å². The fourth-order valence-electron chi connectivity index (χ4n) is 2.18. The molecule has 0 aliphatic carbocycles. The van der Waals surface area contributed by atoms with Crippen molar-refractivity contribution in [2.24, 2.45) is 0 Å². The van der Waals surface area contributed by atoms with Crippen LogP contribution in [0.4, 0.5) is 0 Å². The van der Waals surface area contributed by atoms with Crippen LogP contribution in [-0.4, -0.2) is 35.2 Å². The lowest BCUT2D eigenvalue weighted by molar-refractivity contribution is -0.0707. The summed E-state index contributed by atoms with van der Waals surface area (Å²) in [6.45, 7) is 6.97. The summed E-state index contributed by atoms with van der Waals surface area (Å²) >= 11 is 5.87. The quantitative estimate of drug-likeness (QED) is 0.742. The van der Waals surface area contributed by atoms with Gasteiger partial charge in [0.25, 0.3) is 0 Å². The van der Waals surface area contributed by atoms with E-state index >= 15 is 0 Å². The molecule has 1 saturated heterocycles. The number of aromatic nitrogens is 1. The molecule has 1 aliphatic rings. The lowest BCUT2D eigenvalue weighted by Gasteiger charge is -2.35. The lowest BCUT2D eigenvalue weighted by Crippen LogP contribution is -2.44. The normalized spacial score (nSPS) is 26.9. The maximum Gasteiger partial charge on any atom is 0.129 e. The molecule has 1 fully saturated rings. The van der Waals surface area contributed by atoms with Gasteiger partial charge in [-0.3, -0.25) is 4.90 Å². The number of hydrogen-bond donors (Lipinski definition) is 0. The summed E-state index contributed by atoms with van der Waals surface area (Å²) < 4.78 is 5.69. The standard InChI is InChI=1S/C12H17ClN2O/c1-9-6-15(7-10(2)16-9)8-11-4-3-5-12(13)14-11/h3-5,9-10H,6-8H2,1-2H3. The molecule has 0 bridgehead atoms. The Labute approximate surface area is 101 Å². The van der Waals surface area contributed by atoms with Crippen LogP contribution in [0.25, 0.3) is 0 Å². The van der Waals surface area contributed by atoms with Crippen LogP contribution < -0.4 is 0 Å². The molecular weight excluding hydrogens is 224 g/mol. The summed E-state index contributed by atoms with van der Waals surface area (Å²) in [6.07, 6.45) is 0.589. The Bertz CT molecular complexity index is 349. The van der Waals surface area contributed by atoms with Crippen LogP contribution in [0.2, 0.25) is 5.15 Å². The third-order valence-electron chi connectivity index (χ3n) is 2.65. The molecule has 1 aromatic heterocycles. The number of morpholine rings is 1. The Morgan fingerprint density at radius 3 is 2.69 bits per heavy atom. The number of hydrogen-bond acceptors (Lipinski definition) is 3. The molecule has 0 N–H and O–H groups in total. The average Bonchev–Trinajstić information content (AvgIpc) is 2.15. The lowest BCUT2D eigenvalue weighted by atomic mass is 10.2. The Morgan fingerprint density at radius 1 is 1.38 bits per heavy atom. The van der Waals surface area contributed by atoms with Crippen molar-refractivity contribution in [3.05, 3.63) is 29.0 Å². The summed E-state index contributed by atoms with van der Waals surface area (Å²) in [5.41, 5.74) is 1.02. The van der Waals surface area contributed by atoms with Crippen molar-refractivity contribution < 1.29 is 4.74 Å². The van der Waals surface area contributed by atoms with Gasteiger partial charge in [0.2, 0.25) is 0 Å². The maximum atomic E-state index is 5.87. The van der Waals surface area contributed by atoms with Crippen molar-refractivity contribution in [2.45, 2.75) is 32.6 Å². The summed E-state index contributed by atoms with van der Waals surface area (Å²) in [6, 6.07) is 5.75. The van der Waals surface area contributed by atoms with Crippen LogP contribution in [0.15, 0.2) is 18.2 Å². The zero-order chi connectivity index (χ0) is 11.5. The van der Waals surface area contributed by atoms with Crippen molar-refractivity contribution in [3.63, 3.8) is 0 Å². The van der Waals surface area contributed by atoms with Crippen molar-refractivity contribution >= 4 is 11.6 Å². The first-order chi connectivity index (χ1) is 7.63. The largest absolute Gasteiger partial charge is 0.373 e. The number of nitrogens with zero attached hydrogens (tertiary/aromatic N) is 2. The van der Waals surface area contributed by atoms with Crippen LogP contribution >= 0.6 is 11.6 Å². The molecule has 3 nitrogen and oxygen atoms in total. The molecule has 0 aromatic carbocycles. The van der Waals surface area contributed by atoms with E-state index in [1.165, 1.54) is 0 Å². The monoisotopic (exact) mass is 240 g/mol. The minimum atomic E-state index is 0.294. The highest BCUT2D eigenvalue weighted by atomic mass is 35.5. The minimum absolute atomic E-state index is 0.294. The van der Waals surface area contributed by atoms with Crippen molar-refractivity contribution in [1.82, 2.24) is 9.88 Å². The van der Waals surface area contributed by atoms with Gasteiger partial charge in [-0.15, -0.1) is 0 Å². The van der Waals surface area contributed by atoms with E-state index in [4.69, 9.17) is 16.3 Å². The highest BCUT2D eigenvalue weighted by Gasteiger charge is 2.22. The Balaban J connectivity index is 1.98. The minimum Gasteiger partial charge on any atom is -0.373 e. The first-order valence-corrected chi connectivity index (χ1v) is 6.00. The van der Waals surface area contributed by atoms with E-state index in [9.17, 15) is 0 Å². The molecule has 88 valence electrons. The molecule has 2 rings (SSSR count). The molecular formula is C12H17ClN2O. The van der Waals surface area contributed by atoms with Crippen LogP contribution in [0.5, 0.6) is 0 Å². The van der Waals surface area contributed by atoms with Gasteiger partial charge in [0.05, 0.1) is 17.9 Å². The third-order valence-corrected chi connectivity index (χ3v) is 2.86. The van der Waals surface area contributed by atoms with Gasteiger partial charge in [-0.25, -0.2) is 4.98 Å². The second kappa shape index (κ2) is 5.13. The molecule has 0 amide bonds. The van der Waals surface area contributed by atoms with Crippen molar-refractivity contribution in [3.8, 4) is 0 Å². The Hall–Kier alpha value is -0.640. The number of halogens is 1. The summed E-state index contributed by atoms with van der Waals surface area (Å²) in [5.74, 6) is 0. The Morgan fingerprint density at radius 2 is 2.06 bits per heavy atom. The number of rotatable bonds is 2. The van der Waals surface area contributed by atoms with E-state index < -0.39 is 0 Å². The second-order valence-corrected chi connectivity index (χ2v) is 4.79. The van der Waals surface area contributed by atoms with Gasteiger partial charge in [-0.1, -0.05) is 17.7 Å². The van der Waals surface area contributed by atoms with Crippen molar-refractivity contribution in [2.75, 3.05) is 13.1 Å². The van der Waals surface area contributed by atoms with E-state index in [0.717, 1.165) is 25.3 Å². The summed E-state index contributed by atoms with van der Waals surface area (Å²) in [5, 5.41) is 0.562. The molecule has 1 aliphatic heterocycles. The molecule has 1 aromatic rings. The van der Waals surface area contributed by atoms with E-state index in [-0.39, 0.29) is 0 Å². The van der Waals surface area contributed by atoms with Gasteiger partial charge in [-0.05, 0) is 26.0 Å². The predicted octanol–water partition coefficient (Wildman–Crippen LogP) is 2.34. The fraction of sp³-hybridized carbons (Fsp3) is 0.583. The smallest absolute Gasteiger partial charge is 0.129 e. The van der Waals surface area contributed by atoms with Gasteiger partial charge in [0.1, 0.15) is 5.15 Å². The van der Waals surface area contributed by atoms with E-state index in [0.29, 0.717) is 17.4 Å². The molecule has 0 radical (unpaired) electrons. The molecule has 16 heavy (non-hydrogen) atoms. The Kier molecular flexibility index (Phi) is 3.79. The van der Waals surface area contributed by atoms with E-state index in [1.807, 2.05) is 12.1 Å². The van der Waals surface area contributed by atoms with Crippen LogP contribution in [0.1, 0.15) is 19.5 Å². The molecule has 0 spiro atoms. The maximum absolute atomic E-state index is 5.87. The molecule has 4 heteroatoms. The van der Waals surface area contributed by atoms with Gasteiger partial charge >= 0.3 is 0 Å². The van der Waals surface area contributed by atoms with Crippen LogP contribution in [0.3, 0.4) is 0 Å². The van der Waals surface area contributed by atoms with Crippen LogP contribution in [0, 0.1) is 0 Å². The average molecular weight is 241 g/mol. The second-order valence-electron chi connectivity index (χ2n) is 4.40. The molecule has 0 saturated carbocycles. The van der Waals surface area contributed by atoms with Crippen LogP contribution in [-0.2, 0) is 11.3 Å². The molecule has 2 heterocycles. The first kappa shape index (κ1) is 11.8. The van der Waals surface area contributed by atoms with Gasteiger partial charge in [0.15, 0.2) is 0 Å². The highest BCUT2D eigenvalue weighted by Crippen LogP contribution is 2.14. The number of ether oxygens (including phenoxy) is 1. The zero-order valence-corrected chi connectivity index (χ0v) is 10.4. The van der Waals surface area contributed by atoms with Gasteiger partial charge in [-0.2, -0.15) is 0 Å². The number of pyridine rings is 1. The molecule has 2 atom stereocenters. The predicted molar refractivity (Wildman–Crippen MR) is 64.5 cm³/mol. The molecule has 2 unspecified atom stereocenters. The topological polar surface area (TPSA) is 25.4 Å². The third kappa shape index (κ3) is 3.17. The van der Waals surface area contributed by atoms with E-state index in [1.54, 1.807) is 6.07 Å². The van der Waals surface area contributed by atoms with Gasteiger partial charge in [0, 0.05) is 19.6 Å². The SMILES string of the molecule is CC1CN(Cc2cccc(Cl)n2)CC(C)O1. The summed E-state index contributed by atoms with van der Waals surface area (Å²) in [7, 11) is 0. The van der Waals surface area contributed by atoms with Crippen molar-refractivity contribution in [1.29, 1.82) is 0 Å². The fourth-order valence-corrected chi connectivity index (χ4v) is 2.36. The van der Waals surface area contributed by atoms with Gasteiger partial charge < -0.3 is 4.74 Å². The highest BCUT2D eigenvalue weighted by molar-refractivity contribution is 6.29. The summed E-state index contributed by atoms with van der Waals surface area (Å²) in [4.78, 5) is 6.66.